The summed E-state index contributed by atoms with van der Waals surface area (Å²) in [7, 11) is 0. The molecule has 19 heavy (non-hydrogen) atoms. The molecule has 0 N–H and O–H groups in total. The number of ether oxygens (including phenoxy) is 1. The number of carbonyl (C=O) groups is 1. The van der Waals surface area contributed by atoms with Crippen molar-refractivity contribution in [2.24, 2.45) is 5.92 Å². The molecule has 0 spiro atoms. The normalized spacial score (nSPS) is 23.7. The Hall–Kier alpha value is -0.570. The van der Waals surface area contributed by atoms with Crippen LogP contribution in [0, 0.1) is 5.92 Å². The summed E-state index contributed by atoms with van der Waals surface area (Å²) >= 11 is 0. The van der Waals surface area contributed by atoms with E-state index in [-0.39, 0.29) is 11.6 Å². The van der Waals surface area contributed by atoms with Crippen LogP contribution >= 0.6 is 0 Å². The van der Waals surface area contributed by atoms with Crippen molar-refractivity contribution in [3.63, 3.8) is 0 Å². The predicted molar refractivity (Wildman–Crippen MR) is 77.0 cm³/mol. The molecule has 1 saturated carbocycles. The first kappa shape index (κ1) is 14.8. The molecule has 0 aromatic carbocycles. The Morgan fingerprint density at radius 1 is 1.11 bits per heavy atom. The van der Waals surface area contributed by atoms with E-state index in [1.807, 2.05) is 0 Å². The Morgan fingerprint density at radius 2 is 1.74 bits per heavy atom. The van der Waals surface area contributed by atoms with Gasteiger partial charge in [0.1, 0.15) is 5.60 Å². The third-order valence-corrected chi connectivity index (χ3v) is 4.90. The van der Waals surface area contributed by atoms with Crippen LogP contribution in [0.2, 0.25) is 0 Å². The van der Waals surface area contributed by atoms with Gasteiger partial charge in [0.15, 0.2) is 0 Å². The van der Waals surface area contributed by atoms with Gasteiger partial charge in [-0.15, -0.1) is 0 Å². The SMILES string of the molecule is CC(C)C1(OC(=O)CCN2CCCCC2)CCCC1. The van der Waals surface area contributed by atoms with E-state index >= 15 is 0 Å². The lowest BCUT2D eigenvalue weighted by Gasteiger charge is -2.33. The fourth-order valence-corrected chi connectivity index (χ4v) is 3.48. The largest absolute Gasteiger partial charge is 0.459 e. The second-order valence-corrected chi connectivity index (χ2v) is 6.55. The molecular formula is C16H29NO2. The Bertz CT molecular complexity index is 289. The molecule has 0 aromatic heterocycles. The summed E-state index contributed by atoms with van der Waals surface area (Å²) < 4.78 is 5.89. The minimum Gasteiger partial charge on any atom is -0.459 e. The molecule has 2 rings (SSSR count). The van der Waals surface area contributed by atoms with Gasteiger partial charge < -0.3 is 9.64 Å². The summed E-state index contributed by atoms with van der Waals surface area (Å²) in [5.41, 5.74) is -0.154. The van der Waals surface area contributed by atoms with Gasteiger partial charge in [0.2, 0.25) is 0 Å². The van der Waals surface area contributed by atoms with Crippen LogP contribution in [-0.4, -0.2) is 36.1 Å². The van der Waals surface area contributed by atoms with Crippen LogP contribution in [0.4, 0.5) is 0 Å². The maximum Gasteiger partial charge on any atom is 0.307 e. The molecule has 0 atom stereocenters. The van der Waals surface area contributed by atoms with Gasteiger partial charge in [-0.1, -0.05) is 20.3 Å². The molecule has 1 heterocycles. The number of piperidine rings is 1. The van der Waals surface area contributed by atoms with Crippen molar-refractivity contribution >= 4 is 5.97 Å². The number of hydrogen-bond acceptors (Lipinski definition) is 3. The number of nitrogens with zero attached hydrogens (tertiary/aromatic N) is 1. The highest BCUT2D eigenvalue weighted by molar-refractivity contribution is 5.70. The summed E-state index contributed by atoms with van der Waals surface area (Å²) in [6.07, 6.45) is 9.00. The topological polar surface area (TPSA) is 29.5 Å². The zero-order valence-corrected chi connectivity index (χ0v) is 12.6. The highest BCUT2D eigenvalue weighted by Crippen LogP contribution is 2.39. The van der Waals surface area contributed by atoms with E-state index in [9.17, 15) is 4.79 Å². The lowest BCUT2D eigenvalue weighted by atomic mass is 9.88. The number of carbonyl (C=O) groups excluding carboxylic acids is 1. The fraction of sp³-hybridized carbons (Fsp3) is 0.938. The van der Waals surface area contributed by atoms with E-state index in [1.54, 1.807) is 0 Å². The highest BCUT2D eigenvalue weighted by Gasteiger charge is 2.40. The monoisotopic (exact) mass is 267 g/mol. The van der Waals surface area contributed by atoms with Gasteiger partial charge in [0.25, 0.3) is 0 Å². The second-order valence-electron chi connectivity index (χ2n) is 6.55. The van der Waals surface area contributed by atoms with E-state index in [4.69, 9.17) is 4.74 Å². The number of likely N-dealkylation sites (tertiary alicyclic amines) is 1. The molecule has 0 unspecified atom stereocenters. The maximum absolute atomic E-state index is 12.1. The minimum atomic E-state index is -0.154. The molecule has 1 aliphatic carbocycles. The van der Waals surface area contributed by atoms with Gasteiger partial charge in [-0.3, -0.25) is 4.79 Å². The first-order valence-electron chi connectivity index (χ1n) is 8.07. The van der Waals surface area contributed by atoms with Gasteiger partial charge in [0.05, 0.1) is 6.42 Å². The molecule has 1 aliphatic heterocycles. The molecule has 3 nitrogen and oxygen atoms in total. The standard InChI is InChI=1S/C16H29NO2/c1-14(2)16(9-4-5-10-16)19-15(18)8-13-17-11-6-3-7-12-17/h14H,3-13H2,1-2H3. The zero-order valence-electron chi connectivity index (χ0n) is 12.6. The number of esters is 1. The summed E-state index contributed by atoms with van der Waals surface area (Å²) in [6, 6.07) is 0. The predicted octanol–water partition coefficient (Wildman–Crippen LogP) is 3.37. The molecule has 2 aliphatic rings. The van der Waals surface area contributed by atoms with Crippen molar-refractivity contribution in [2.45, 2.75) is 70.8 Å². The molecule has 2 fully saturated rings. The van der Waals surface area contributed by atoms with Crippen molar-refractivity contribution in [1.29, 1.82) is 0 Å². The molecule has 0 bridgehead atoms. The van der Waals surface area contributed by atoms with Crippen LogP contribution in [0.25, 0.3) is 0 Å². The van der Waals surface area contributed by atoms with Crippen LogP contribution < -0.4 is 0 Å². The van der Waals surface area contributed by atoms with Gasteiger partial charge in [0, 0.05) is 6.54 Å². The lowest BCUT2D eigenvalue weighted by molar-refractivity contribution is -0.164. The molecule has 0 radical (unpaired) electrons. The van der Waals surface area contributed by atoms with E-state index in [0.29, 0.717) is 12.3 Å². The molecule has 3 heteroatoms. The van der Waals surface area contributed by atoms with Crippen LogP contribution in [0.15, 0.2) is 0 Å². The van der Waals surface area contributed by atoms with Crippen molar-refractivity contribution in [2.75, 3.05) is 19.6 Å². The molecule has 110 valence electrons. The van der Waals surface area contributed by atoms with Crippen molar-refractivity contribution in [3.8, 4) is 0 Å². The van der Waals surface area contributed by atoms with Crippen LogP contribution in [0.5, 0.6) is 0 Å². The van der Waals surface area contributed by atoms with Gasteiger partial charge in [-0.25, -0.2) is 0 Å². The summed E-state index contributed by atoms with van der Waals surface area (Å²) in [4.78, 5) is 14.5. The summed E-state index contributed by atoms with van der Waals surface area (Å²) in [5.74, 6) is 0.454. The van der Waals surface area contributed by atoms with Crippen molar-refractivity contribution in [1.82, 2.24) is 4.90 Å². The number of hydrogen-bond donors (Lipinski definition) is 0. The van der Waals surface area contributed by atoms with Crippen LogP contribution in [-0.2, 0) is 9.53 Å². The minimum absolute atomic E-state index is 0.0150. The van der Waals surface area contributed by atoms with E-state index < -0.39 is 0 Å². The van der Waals surface area contributed by atoms with Gasteiger partial charge >= 0.3 is 5.97 Å². The average molecular weight is 267 g/mol. The van der Waals surface area contributed by atoms with Gasteiger partial charge in [-0.2, -0.15) is 0 Å². The van der Waals surface area contributed by atoms with E-state index in [2.05, 4.69) is 18.7 Å². The Morgan fingerprint density at radius 3 is 2.32 bits per heavy atom. The van der Waals surface area contributed by atoms with Gasteiger partial charge in [-0.05, 0) is 57.5 Å². The molecular weight excluding hydrogens is 238 g/mol. The Labute approximate surface area is 117 Å². The second kappa shape index (κ2) is 6.74. The highest BCUT2D eigenvalue weighted by atomic mass is 16.6. The average Bonchev–Trinajstić information content (AvgIpc) is 2.87. The third-order valence-electron chi connectivity index (χ3n) is 4.90. The molecule has 1 saturated heterocycles. The molecule has 0 amide bonds. The summed E-state index contributed by atoms with van der Waals surface area (Å²) in [6.45, 7) is 7.56. The smallest absolute Gasteiger partial charge is 0.307 e. The van der Waals surface area contributed by atoms with E-state index in [0.717, 1.165) is 32.5 Å². The maximum atomic E-state index is 12.1. The Balaban J connectivity index is 1.76. The van der Waals surface area contributed by atoms with E-state index in [1.165, 1.54) is 32.1 Å². The van der Waals surface area contributed by atoms with Crippen molar-refractivity contribution in [3.05, 3.63) is 0 Å². The van der Waals surface area contributed by atoms with Crippen LogP contribution in [0.1, 0.15) is 65.2 Å². The van der Waals surface area contributed by atoms with Crippen molar-refractivity contribution < 1.29 is 9.53 Å². The summed E-state index contributed by atoms with van der Waals surface area (Å²) in [5, 5.41) is 0. The lowest BCUT2D eigenvalue weighted by Crippen LogP contribution is -2.39. The quantitative estimate of drug-likeness (QED) is 0.715. The number of rotatable bonds is 5. The Kier molecular flexibility index (Phi) is 5.26. The fourth-order valence-electron chi connectivity index (χ4n) is 3.48. The first-order chi connectivity index (χ1) is 9.12. The van der Waals surface area contributed by atoms with Crippen LogP contribution in [0.3, 0.4) is 0 Å². The molecule has 0 aromatic rings. The first-order valence-corrected chi connectivity index (χ1v) is 8.07. The zero-order chi connectivity index (χ0) is 13.7. The third kappa shape index (κ3) is 3.95.